The summed E-state index contributed by atoms with van der Waals surface area (Å²) in [6, 6.07) is 0. The molecule has 0 radical (unpaired) electrons. The van der Waals surface area contributed by atoms with E-state index >= 15 is 0 Å². The molecule has 1 aliphatic heterocycles. The smallest absolute Gasteiger partial charge is 0.306 e. The second kappa shape index (κ2) is 37.2. The summed E-state index contributed by atoms with van der Waals surface area (Å²) < 4.78 is 22.6. The van der Waals surface area contributed by atoms with E-state index in [0.29, 0.717) is 13.0 Å². The summed E-state index contributed by atoms with van der Waals surface area (Å²) in [5.41, 5.74) is 0. The van der Waals surface area contributed by atoms with Gasteiger partial charge in [0.2, 0.25) is 0 Å². The van der Waals surface area contributed by atoms with Gasteiger partial charge in [-0.2, -0.15) is 0 Å². The summed E-state index contributed by atoms with van der Waals surface area (Å²) in [5.74, 6) is -0.420. The average molecular weight is 781 g/mol. The molecule has 0 aromatic heterocycles. The van der Waals surface area contributed by atoms with Crippen molar-refractivity contribution in [3.8, 4) is 0 Å². The summed E-state index contributed by atoms with van der Waals surface area (Å²) in [5, 5.41) is 40.0. The maximum Gasteiger partial charge on any atom is 0.306 e. The molecular weight excluding hydrogens is 709 g/mol. The molecule has 9 heteroatoms. The molecule has 0 aromatic carbocycles. The lowest BCUT2D eigenvalue weighted by atomic mass is 9.99. The Balaban J connectivity index is 2.40. The third kappa shape index (κ3) is 28.1. The Morgan fingerprint density at radius 1 is 0.571 bits per heavy atom. The second-order valence-corrected chi connectivity index (χ2v) is 13.3. The number of hydrogen-bond donors (Lipinski definition) is 4. The number of rotatable bonds is 32. The summed E-state index contributed by atoms with van der Waals surface area (Å²) >= 11 is 0. The maximum atomic E-state index is 12.7. The molecule has 6 atom stereocenters. The number of ether oxygens (including phenoxy) is 4. The van der Waals surface area contributed by atoms with Crippen molar-refractivity contribution in [3.63, 3.8) is 0 Å². The first-order valence-corrected chi connectivity index (χ1v) is 20.6. The van der Waals surface area contributed by atoms with Gasteiger partial charge < -0.3 is 39.4 Å². The minimum atomic E-state index is -1.57. The highest BCUT2D eigenvalue weighted by Gasteiger charge is 2.44. The number of carbonyl (C=O) groups is 1. The number of unbranched alkanes of at least 4 members (excludes halogenated alkanes) is 1. The van der Waals surface area contributed by atoms with Gasteiger partial charge in [-0.25, -0.2) is 0 Å². The van der Waals surface area contributed by atoms with Crippen molar-refractivity contribution in [2.75, 3.05) is 26.4 Å². The Morgan fingerprint density at radius 3 is 1.45 bits per heavy atom. The van der Waals surface area contributed by atoms with E-state index in [0.717, 1.165) is 77.0 Å². The van der Waals surface area contributed by atoms with E-state index in [-0.39, 0.29) is 19.6 Å². The zero-order chi connectivity index (χ0) is 40.7. The Bertz CT molecular complexity index is 1250. The molecule has 0 aromatic rings. The van der Waals surface area contributed by atoms with Crippen LogP contribution in [0.3, 0.4) is 0 Å². The van der Waals surface area contributed by atoms with Gasteiger partial charge in [-0.15, -0.1) is 0 Å². The fourth-order valence-electron chi connectivity index (χ4n) is 5.22. The van der Waals surface area contributed by atoms with Gasteiger partial charge in [0.25, 0.3) is 0 Å². The first-order valence-electron chi connectivity index (χ1n) is 20.6. The van der Waals surface area contributed by atoms with E-state index in [9.17, 15) is 25.2 Å². The lowest BCUT2D eigenvalue weighted by Gasteiger charge is -2.39. The fourth-order valence-corrected chi connectivity index (χ4v) is 5.22. The van der Waals surface area contributed by atoms with Crippen LogP contribution in [0.5, 0.6) is 0 Å². The van der Waals surface area contributed by atoms with Crippen LogP contribution in [0.25, 0.3) is 0 Å². The number of allylic oxidation sites excluding steroid dienone is 20. The normalized spacial score (nSPS) is 21.9. The highest BCUT2D eigenvalue weighted by molar-refractivity contribution is 5.69. The molecule has 1 heterocycles. The Morgan fingerprint density at radius 2 is 1.00 bits per heavy atom. The monoisotopic (exact) mass is 781 g/mol. The minimum Gasteiger partial charge on any atom is -0.457 e. The highest BCUT2D eigenvalue weighted by atomic mass is 16.7. The summed E-state index contributed by atoms with van der Waals surface area (Å²) in [4.78, 5) is 12.7. The van der Waals surface area contributed by atoms with Crippen molar-refractivity contribution in [2.45, 2.75) is 141 Å². The SMILES string of the molecule is CC/C=C\C/C=C\C/C=C\C/C=C\C/C=C\C/C=C\CCCOCC(COC1OC(CO)C(O)C(O)C1O)OC(=O)CC/C=C\C/C=C\C/C=C\C/C=C\CC. The van der Waals surface area contributed by atoms with Crippen LogP contribution in [-0.4, -0.2) is 89.6 Å². The van der Waals surface area contributed by atoms with Crippen LogP contribution in [0.15, 0.2) is 122 Å². The van der Waals surface area contributed by atoms with E-state index in [1.807, 2.05) is 12.2 Å². The fraction of sp³-hybridized carbons (Fsp3) is 0.553. The third-order valence-electron chi connectivity index (χ3n) is 8.39. The number of hydrogen-bond acceptors (Lipinski definition) is 9. The second-order valence-electron chi connectivity index (χ2n) is 13.3. The van der Waals surface area contributed by atoms with E-state index in [1.165, 1.54) is 0 Å². The van der Waals surface area contributed by atoms with Crippen LogP contribution in [0.4, 0.5) is 0 Å². The van der Waals surface area contributed by atoms with Gasteiger partial charge in [-0.1, -0.05) is 135 Å². The van der Waals surface area contributed by atoms with Gasteiger partial charge in [0, 0.05) is 13.0 Å². The minimum absolute atomic E-state index is 0.0664. The lowest BCUT2D eigenvalue weighted by Crippen LogP contribution is -2.59. The van der Waals surface area contributed by atoms with Gasteiger partial charge in [-0.05, 0) is 83.5 Å². The molecule has 1 aliphatic rings. The van der Waals surface area contributed by atoms with Crippen LogP contribution >= 0.6 is 0 Å². The van der Waals surface area contributed by atoms with Crippen LogP contribution in [0.1, 0.15) is 104 Å². The Labute approximate surface area is 337 Å². The van der Waals surface area contributed by atoms with E-state index in [2.05, 4.69) is 123 Å². The Hall–Kier alpha value is -3.41. The zero-order valence-corrected chi connectivity index (χ0v) is 34.1. The van der Waals surface area contributed by atoms with Crippen LogP contribution in [0, 0.1) is 0 Å². The third-order valence-corrected chi connectivity index (χ3v) is 8.39. The molecule has 1 saturated heterocycles. The number of aliphatic hydroxyl groups is 4. The quantitative estimate of drug-likeness (QED) is 0.0300. The standard InChI is InChI=1S/C47H72O9/c1-3-5-7-9-11-13-15-17-18-19-20-21-22-23-25-27-29-31-33-35-37-53-39-41(40-54-47-46(52)45(51)44(50)42(38-48)56-47)55-43(49)36-34-32-30-28-26-24-16-14-12-10-8-6-4-2/h5-8,11-14,17-18,20-21,23-26,29-32,41-42,44-48,50-52H,3-4,9-10,15-16,19,22,27-28,33-40H2,1-2H3/b7-5-,8-6-,13-11-,14-12-,18-17-,21-20-,25-23-,26-24-,31-29-,32-30-. The van der Waals surface area contributed by atoms with E-state index in [4.69, 9.17) is 18.9 Å². The molecule has 9 nitrogen and oxygen atoms in total. The highest BCUT2D eigenvalue weighted by Crippen LogP contribution is 2.22. The van der Waals surface area contributed by atoms with Crippen molar-refractivity contribution in [1.82, 2.24) is 0 Å². The average Bonchev–Trinajstić information content (AvgIpc) is 3.20. The van der Waals surface area contributed by atoms with Crippen molar-refractivity contribution in [1.29, 1.82) is 0 Å². The van der Waals surface area contributed by atoms with E-state index in [1.54, 1.807) is 0 Å². The molecule has 4 N–H and O–H groups in total. The molecule has 0 bridgehead atoms. The molecule has 0 saturated carbocycles. The van der Waals surface area contributed by atoms with Crippen molar-refractivity contribution >= 4 is 5.97 Å². The molecule has 1 rings (SSSR count). The first-order chi connectivity index (χ1) is 27.4. The van der Waals surface area contributed by atoms with Crippen LogP contribution in [0.2, 0.25) is 0 Å². The summed E-state index contributed by atoms with van der Waals surface area (Å²) in [6.45, 7) is 4.03. The molecular formula is C47H72O9. The van der Waals surface area contributed by atoms with Crippen LogP contribution in [-0.2, 0) is 23.7 Å². The summed E-state index contributed by atoms with van der Waals surface area (Å²) in [7, 11) is 0. The van der Waals surface area contributed by atoms with Gasteiger partial charge >= 0.3 is 5.97 Å². The van der Waals surface area contributed by atoms with Crippen molar-refractivity contribution in [3.05, 3.63) is 122 Å². The number of esters is 1. The first kappa shape index (κ1) is 50.6. The lowest BCUT2D eigenvalue weighted by molar-refractivity contribution is -0.305. The van der Waals surface area contributed by atoms with Crippen molar-refractivity contribution in [2.24, 2.45) is 0 Å². The number of carbonyl (C=O) groups excluding carboxylic acids is 1. The predicted octanol–water partition coefficient (Wildman–Crippen LogP) is 8.79. The maximum absolute atomic E-state index is 12.7. The largest absolute Gasteiger partial charge is 0.457 e. The van der Waals surface area contributed by atoms with Gasteiger partial charge in [0.15, 0.2) is 6.29 Å². The molecule has 1 fully saturated rings. The number of aliphatic hydroxyl groups excluding tert-OH is 4. The molecule has 314 valence electrons. The summed E-state index contributed by atoms with van der Waals surface area (Å²) in [6.07, 6.45) is 46.8. The molecule has 0 aliphatic carbocycles. The predicted molar refractivity (Wildman–Crippen MR) is 228 cm³/mol. The van der Waals surface area contributed by atoms with Gasteiger partial charge in [0.05, 0.1) is 19.8 Å². The molecule has 6 unspecified atom stereocenters. The Kier molecular flexibility index (Phi) is 33.6. The van der Waals surface area contributed by atoms with Gasteiger partial charge in [0.1, 0.15) is 30.5 Å². The van der Waals surface area contributed by atoms with Gasteiger partial charge in [-0.3, -0.25) is 4.79 Å². The van der Waals surface area contributed by atoms with Crippen molar-refractivity contribution < 1.29 is 44.2 Å². The van der Waals surface area contributed by atoms with Crippen LogP contribution < -0.4 is 0 Å². The molecule has 0 spiro atoms. The topological polar surface area (TPSA) is 135 Å². The zero-order valence-electron chi connectivity index (χ0n) is 34.1. The molecule has 56 heavy (non-hydrogen) atoms. The molecule has 0 amide bonds. The van der Waals surface area contributed by atoms with E-state index < -0.39 is 49.4 Å².